The minimum atomic E-state index is -1.02. The maximum absolute atomic E-state index is 13.7. The van der Waals surface area contributed by atoms with Gasteiger partial charge in [-0.15, -0.1) is 0 Å². The van der Waals surface area contributed by atoms with E-state index in [9.17, 15) is 14.3 Å². The Hall–Kier alpha value is -3.82. The second-order valence-electron chi connectivity index (χ2n) is 7.42. The summed E-state index contributed by atoms with van der Waals surface area (Å²) in [4.78, 5) is 22.1. The van der Waals surface area contributed by atoms with Gasteiger partial charge in [0.05, 0.1) is 19.8 Å². The molecule has 0 bridgehead atoms. The van der Waals surface area contributed by atoms with E-state index in [0.717, 1.165) is 22.8 Å². The van der Waals surface area contributed by atoms with E-state index in [1.54, 1.807) is 12.3 Å². The monoisotopic (exact) mass is 450 g/mol. The minimum absolute atomic E-state index is 0.177. The molecule has 2 aromatic carbocycles. The van der Waals surface area contributed by atoms with Gasteiger partial charge in [0, 0.05) is 42.2 Å². The molecule has 0 unspecified atom stereocenters. The van der Waals surface area contributed by atoms with Gasteiger partial charge in [-0.3, -0.25) is 0 Å². The van der Waals surface area contributed by atoms with E-state index in [1.807, 2.05) is 24.3 Å². The highest BCUT2D eigenvalue weighted by Crippen LogP contribution is 2.31. The van der Waals surface area contributed by atoms with Crippen molar-refractivity contribution in [1.29, 1.82) is 0 Å². The Morgan fingerprint density at radius 3 is 2.79 bits per heavy atom. The van der Waals surface area contributed by atoms with Gasteiger partial charge in [0.15, 0.2) is 0 Å². The number of aliphatic hydroxyl groups is 1. The van der Waals surface area contributed by atoms with Crippen molar-refractivity contribution in [2.45, 2.75) is 6.61 Å². The fraction of sp³-hybridized carbons (Fsp3) is 0.208. The van der Waals surface area contributed by atoms with E-state index in [4.69, 9.17) is 14.8 Å². The summed E-state index contributed by atoms with van der Waals surface area (Å²) < 4.78 is 19.2. The lowest BCUT2D eigenvalue weighted by atomic mass is 10.0. The molecule has 9 heteroatoms. The SMILES string of the molecule is O=C(O)/C=C/c1cccc(-c2cnc(Nc3ccc(F)c(CO)c3)nc2N2CCOCC2)c1. The number of hydrogen-bond donors (Lipinski definition) is 3. The Morgan fingerprint density at radius 1 is 1.21 bits per heavy atom. The Morgan fingerprint density at radius 2 is 2.03 bits per heavy atom. The number of anilines is 3. The number of benzene rings is 2. The number of carboxylic acids is 1. The number of ether oxygens (including phenoxy) is 1. The minimum Gasteiger partial charge on any atom is -0.478 e. The highest BCUT2D eigenvalue weighted by Gasteiger charge is 2.19. The van der Waals surface area contributed by atoms with Crippen LogP contribution in [0.1, 0.15) is 11.1 Å². The molecule has 0 spiro atoms. The lowest BCUT2D eigenvalue weighted by Crippen LogP contribution is -2.37. The third-order valence-electron chi connectivity index (χ3n) is 5.17. The van der Waals surface area contributed by atoms with Crippen LogP contribution in [-0.2, 0) is 16.1 Å². The quantitative estimate of drug-likeness (QED) is 0.470. The number of nitrogens with one attached hydrogen (secondary N) is 1. The number of carboxylic acid groups (broad SMARTS) is 1. The van der Waals surface area contributed by atoms with Crippen molar-refractivity contribution in [3.63, 3.8) is 0 Å². The maximum atomic E-state index is 13.7. The number of aliphatic hydroxyl groups excluding tert-OH is 1. The van der Waals surface area contributed by atoms with Crippen LogP contribution in [0.15, 0.2) is 54.7 Å². The van der Waals surface area contributed by atoms with Crippen LogP contribution in [0.25, 0.3) is 17.2 Å². The summed E-state index contributed by atoms with van der Waals surface area (Å²) >= 11 is 0. The molecule has 33 heavy (non-hydrogen) atoms. The normalized spacial score (nSPS) is 13.9. The fourth-order valence-corrected chi connectivity index (χ4v) is 3.53. The first-order chi connectivity index (χ1) is 16.0. The third kappa shape index (κ3) is 5.51. The number of aromatic nitrogens is 2. The van der Waals surface area contributed by atoms with Crippen LogP contribution < -0.4 is 10.2 Å². The van der Waals surface area contributed by atoms with E-state index in [2.05, 4.69) is 15.2 Å². The van der Waals surface area contributed by atoms with Gasteiger partial charge in [-0.25, -0.2) is 14.2 Å². The lowest BCUT2D eigenvalue weighted by Gasteiger charge is -2.29. The van der Waals surface area contributed by atoms with Gasteiger partial charge in [-0.1, -0.05) is 18.2 Å². The average Bonchev–Trinajstić information content (AvgIpc) is 2.84. The number of halogens is 1. The average molecular weight is 450 g/mol. The number of hydrogen-bond acceptors (Lipinski definition) is 7. The van der Waals surface area contributed by atoms with Crippen molar-refractivity contribution in [2.75, 3.05) is 36.5 Å². The first-order valence-corrected chi connectivity index (χ1v) is 10.4. The largest absolute Gasteiger partial charge is 0.478 e. The van der Waals surface area contributed by atoms with Gasteiger partial charge < -0.3 is 25.2 Å². The van der Waals surface area contributed by atoms with Crippen molar-refractivity contribution >= 4 is 29.5 Å². The topological polar surface area (TPSA) is 108 Å². The molecule has 0 saturated carbocycles. The molecular weight excluding hydrogens is 427 g/mol. The molecule has 1 aromatic heterocycles. The summed E-state index contributed by atoms with van der Waals surface area (Å²) in [6.07, 6.45) is 4.33. The summed E-state index contributed by atoms with van der Waals surface area (Å²) in [5.41, 5.74) is 3.12. The summed E-state index contributed by atoms with van der Waals surface area (Å²) in [5, 5.41) is 21.3. The molecule has 1 aliphatic rings. The number of carbonyl (C=O) groups is 1. The second kappa shape index (κ2) is 10.2. The predicted octanol–water partition coefficient (Wildman–Crippen LogP) is 3.45. The summed E-state index contributed by atoms with van der Waals surface area (Å²) in [7, 11) is 0. The Kier molecular flexibility index (Phi) is 6.92. The van der Waals surface area contributed by atoms with Gasteiger partial charge in [0.25, 0.3) is 0 Å². The zero-order valence-electron chi connectivity index (χ0n) is 17.7. The molecule has 0 atom stereocenters. The van der Waals surface area contributed by atoms with Crippen LogP contribution in [0.3, 0.4) is 0 Å². The number of aliphatic carboxylic acids is 1. The first kappa shape index (κ1) is 22.4. The third-order valence-corrected chi connectivity index (χ3v) is 5.17. The standard InChI is InChI=1S/C24H23FN4O4/c25-21-6-5-19(13-18(21)15-30)27-24-26-14-20(23(28-24)29-8-10-33-11-9-29)17-3-1-2-16(12-17)4-7-22(31)32/h1-7,12-14,30H,8-11,15H2,(H,31,32)(H,26,27,28)/b7-4+. The zero-order valence-corrected chi connectivity index (χ0v) is 17.7. The molecule has 3 aromatic rings. The van der Waals surface area contributed by atoms with Gasteiger partial charge in [0.1, 0.15) is 11.6 Å². The molecule has 170 valence electrons. The smallest absolute Gasteiger partial charge is 0.328 e. The molecule has 0 aliphatic carbocycles. The van der Waals surface area contributed by atoms with Crippen molar-refractivity contribution < 1.29 is 24.1 Å². The predicted molar refractivity (Wildman–Crippen MR) is 123 cm³/mol. The molecule has 4 rings (SSSR count). The molecule has 0 amide bonds. The Balaban J connectivity index is 1.70. The molecule has 1 fully saturated rings. The molecule has 3 N–H and O–H groups in total. The Bertz CT molecular complexity index is 1180. The number of nitrogens with zero attached hydrogens (tertiary/aromatic N) is 3. The fourth-order valence-electron chi connectivity index (χ4n) is 3.53. The van der Waals surface area contributed by atoms with Crippen LogP contribution in [-0.4, -0.2) is 52.5 Å². The van der Waals surface area contributed by atoms with Gasteiger partial charge in [0.2, 0.25) is 5.95 Å². The van der Waals surface area contributed by atoms with Crippen molar-refractivity contribution in [3.8, 4) is 11.1 Å². The van der Waals surface area contributed by atoms with Crippen molar-refractivity contribution in [3.05, 3.63) is 71.7 Å². The lowest BCUT2D eigenvalue weighted by molar-refractivity contribution is -0.131. The highest BCUT2D eigenvalue weighted by atomic mass is 19.1. The molecule has 8 nitrogen and oxygen atoms in total. The summed E-state index contributed by atoms with van der Waals surface area (Å²) in [5.74, 6) is -0.458. The Labute approximate surface area is 190 Å². The zero-order chi connectivity index (χ0) is 23.2. The van der Waals surface area contributed by atoms with E-state index in [1.165, 1.54) is 18.2 Å². The number of rotatable bonds is 7. The highest BCUT2D eigenvalue weighted by molar-refractivity contribution is 5.86. The van der Waals surface area contributed by atoms with Gasteiger partial charge in [-0.2, -0.15) is 4.98 Å². The van der Waals surface area contributed by atoms with Crippen LogP contribution in [0, 0.1) is 5.82 Å². The van der Waals surface area contributed by atoms with Crippen molar-refractivity contribution in [2.24, 2.45) is 0 Å². The van der Waals surface area contributed by atoms with Crippen molar-refractivity contribution in [1.82, 2.24) is 9.97 Å². The molecular formula is C24H23FN4O4. The second-order valence-corrected chi connectivity index (χ2v) is 7.42. The van der Waals surface area contributed by atoms with E-state index in [-0.39, 0.29) is 5.56 Å². The van der Waals surface area contributed by atoms with Gasteiger partial charge in [-0.05, 0) is 41.5 Å². The summed E-state index contributed by atoms with van der Waals surface area (Å²) in [6.45, 7) is 2.06. The molecule has 1 aliphatic heterocycles. The van der Waals surface area contributed by atoms with E-state index < -0.39 is 18.4 Å². The molecule has 0 radical (unpaired) electrons. The van der Waals surface area contributed by atoms with Crippen LogP contribution in [0.2, 0.25) is 0 Å². The van der Waals surface area contributed by atoms with Gasteiger partial charge >= 0.3 is 5.97 Å². The molecule has 1 saturated heterocycles. The number of morpholine rings is 1. The van der Waals surface area contributed by atoms with Crippen LogP contribution >= 0.6 is 0 Å². The first-order valence-electron chi connectivity index (χ1n) is 10.4. The van der Waals surface area contributed by atoms with E-state index in [0.29, 0.717) is 43.8 Å². The van der Waals surface area contributed by atoms with E-state index >= 15 is 0 Å². The molecule has 2 heterocycles. The summed E-state index contributed by atoms with van der Waals surface area (Å²) in [6, 6.07) is 11.8. The van der Waals surface area contributed by atoms with Crippen LogP contribution in [0.4, 0.5) is 21.8 Å². The van der Waals surface area contributed by atoms with Crippen LogP contribution in [0.5, 0.6) is 0 Å². The maximum Gasteiger partial charge on any atom is 0.328 e.